The highest BCUT2D eigenvalue weighted by atomic mass is 16.5. The van der Waals surface area contributed by atoms with Crippen molar-refractivity contribution < 1.29 is 14.3 Å². The third-order valence-electron chi connectivity index (χ3n) is 4.67. The summed E-state index contributed by atoms with van der Waals surface area (Å²) in [7, 11) is 1.60. The highest BCUT2D eigenvalue weighted by molar-refractivity contribution is 6.04. The minimum absolute atomic E-state index is 0.119. The van der Waals surface area contributed by atoms with Gasteiger partial charge in [0.2, 0.25) is 5.91 Å². The van der Waals surface area contributed by atoms with Crippen molar-refractivity contribution in [3.05, 3.63) is 54.1 Å². The SMILES string of the molecule is COc1ccc(NC(=O)c2ccc(N[C@H](C)C(=O)N3CCCC3)cc2)cc1. The fourth-order valence-corrected chi connectivity index (χ4v) is 3.12. The number of hydrogen-bond acceptors (Lipinski definition) is 4. The van der Waals surface area contributed by atoms with E-state index in [4.69, 9.17) is 4.74 Å². The van der Waals surface area contributed by atoms with Crippen molar-refractivity contribution in [1.82, 2.24) is 4.90 Å². The molecule has 1 saturated heterocycles. The molecule has 1 heterocycles. The maximum atomic E-state index is 12.4. The highest BCUT2D eigenvalue weighted by Gasteiger charge is 2.23. The first kappa shape index (κ1) is 18.8. The Balaban J connectivity index is 1.57. The van der Waals surface area contributed by atoms with Gasteiger partial charge >= 0.3 is 0 Å². The van der Waals surface area contributed by atoms with Crippen molar-refractivity contribution in [3.8, 4) is 5.75 Å². The molecule has 0 aromatic heterocycles. The molecule has 27 heavy (non-hydrogen) atoms. The first-order valence-electron chi connectivity index (χ1n) is 9.17. The molecule has 2 N–H and O–H groups in total. The average molecular weight is 367 g/mol. The van der Waals surface area contributed by atoms with Crippen molar-refractivity contribution in [2.45, 2.75) is 25.8 Å². The van der Waals surface area contributed by atoms with E-state index in [9.17, 15) is 9.59 Å². The Morgan fingerprint density at radius 1 is 0.963 bits per heavy atom. The number of rotatable bonds is 6. The number of benzene rings is 2. The van der Waals surface area contributed by atoms with E-state index in [0.717, 1.165) is 37.4 Å². The van der Waals surface area contributed by atoms with Gasteiger partial charge in [0.1, 0.15) is 11.8 Å². The van der Waals surface area contributed by atoms with Gasteiger partial charge in [-0.05, 0) is 68.3 Å². The van der Waals surface area contributed by atoms with Crippen molar-refractivity contribution in [1.29, 1.82) is 0 Å². The summed E-state index contributed by atoms with van der Waals surface area (Å²) < 4.78 is 5.11. The summed E-state index contributed by atoms with van der Waals surface area (Å²) in [6, 6.07) is 14.0. The van der Waals surface area contributed by atoms with Crippen molar-refractivity contribution in [3.63, 3.8) is 0 Å². The number of hydrogen-bond donors (Lipinski definition) is 2. The first-order chi connectivity index (χ1) is 13.1. The zero-order valence-electron chi connectivity index (χ0n) is 15.7. The molecule has 1 atom stereocenters. The quantitative estimate of drug-likeness (QED) is 0.821. The highest BCUT2D eigenvalue weighted by Crippen LogP contribution is 2.17. The molecule has 6 heteroatoms. The number of amides is 2. The van der Waals surface area contributed by atoms with Crippen LogP contribution in [0, 0.1) is 0 Å². The lowest BCUT2D eigenvalue weighted by Gasteiger charge is -2.22. The van der Waals surface area contributed by atoms with Crippen LogP contribution in [0.1, 0.15) is 30.1 Å². The fourth-order valence-electron chi connectivity index (χ4n) is 3.12. The molecule has 1 aliphatic rings. The van der Waals surface area contributed by atoms with Gasteiger partial charge in [-0.2, -0.15) is 0 Å². The summed E-state index contributed by atoms with van der Waals surface area (Å²) in [5.41, 5.74) is 2.07. The van der Waals surface area contributed by atoms with Crippen LogP contribution < -0.4 is 15.4 Å². The summed E-state index contributed by atoms with van der Waals surface area (Å²) in [6.07, 6.45) is 2.16. The molecule has 2 aromatic rings. The molecule has 0 spiro atoms. The van der Waals surface area contributed by atoms with E-state index < -0.39 is 0 Å². The van der Waals surface area contributed by atoms with Gasteiger partial charge in [0.25, 0.3) is 5.91 Å². The van der Waals surface area contributed by atoms with Crippen LogP contribution in [0.4, 0.5) is 11.4 Å². The predicted molar refractivity (Wildman–Crippen MR) is 106 cm³/mol. The van der Waals surface area contributed by atoms with E-state index in [0.29, 0.717) is 11.3 Å². The standard InChI is InChI=1S/C21H25N3O3/c1-15(21(26)24-13-3-4-14-24)22-17-7-5-16(6-8-17)20(25)23-18-9-11-19(27-2)12-10-18/h5-12,15,22H,3-4,13-14H2,1-2H3,(H,23,25)/t15-/m1/s1. The summed E-state index contributed by atoms with van der Waals surface area (Å²) in [5, 5.41) is 6.06. The molecular formula is C21H25N3O3. The van der Waals surface area contributed by atoms with Crippen LogP contribution >= 0.6 is 0 Å². The molecule has 6 nitrogen and oxygen atoms in total. The summed E-state index contributed by atoms with van der Waals surface area (Å²) >= 11 is 0. The molecule has 0 saturated carbocycles. The van der Waals surface area contributed by atoms with Crippen LogP contribution in [0.5, 0.6) is 5.75 Å². The third kappa shape index (κ3) is 4.78. The number of carbonyl (C=O) groups excluding carboxylic acids is 2. The van der Waals surface area contributed by atoms with Crippen LogP contribution in [0.15, 0.2) is 48.5 Å². The molecule has 1 fully saturated rings. The second-order valence-electron chi connectivity index (χ2n) is 6.66. The van der Waals surface area contributed by atoms with Gasteiger partial charge < -0.3 is 20.3 Å². The predicted octanol–water partition coefficient (Wildman–Crippen LogP) is 3.37. The van der Waals surface area contributed by atoms with Crippen LogP contribution in [0.3, 0.4) is 0 Å². The zero-order valence-corrected chi connectivity index (χ0v) is 15.7. The third-order valence-corrected chi connectivity index (χ3v) is 4.67. The number of nitrogens with one attached hydrogen (secondary N) is 2. The van der Waals surface area contributed by atoms with Crippen molar-refractivity contribution >= 4 is 23.2 Å². The van der Waals surface area contributed by atoms with Crippen LogP contribution in [0.25, 0.3) is 0 Å². The second-order valence-corrected chi connectivity index (χ2v) is 6.66. The minimum atomic E-state index is -0.290. The average Bonchev–Trinajstić information content (AvgIpc) is 3.23. The number of ether oxygens (including phenoxy) is 1. The zero-order chi connectivity index (χ0) is 19.2. The van der Waals surface area contributed by atoms with Gasteiger partial charge in [-0.3, -0.25) is 9.59 Å². The Kier molecular flexibility index (Phi) is 5.96. The van der Waals surface area contributed by atoms with Crippen LogP contribution in [-0.4, -0.2) is 43.0 Å². The number of methoxy groups -OCH3 is 1. The molecule has 2 aromatic carbocycles. The summed E-state index contributed by atoms with van der Waals surface area (Å²) in [6.45, 7) is 3.55. The molecule has 0 bridgehead atoms. The Bertz CT molecular complexity index is 781. The van der Waals surface area contributed by atoms with Crippen LogP contribution in [-0.2, 0) is 4.79 Å². The molecule has 3 rings (SSSR count). The minimum Gasteiger partial charge on any atom is -0.497 e. The topological polar surface area (TPSA) is 70.7 Å². The van der Waals surface area contributed by atoms with Crippen molar-refractivity contribution in [2.24, 2.45) is 0 Å². The van der Waals surface area contributed by atoms with Gasteiger partial charge in [-0.15, -0.1) is 0 Å². The number of anilines is 2. The van der Waals surface area contributed by atoms with Gasteiger partial charge in [-0.1, -0.05) is 0 Å². The first-order valence-corrected chi connectivity index (χ1v) is 9.17. The summed E-state index contributed by atoms with van der Waals surface area (Å²) in [4.78, 5) is 26.6. The Labute approximate surface area is 159 Å². The number of likely N-dealkylation sites (tertiary alicyclic amines) is 1. The Morgan fingerprint density at radius 3 is 2.15 bits per heavy atom. The van der Waals surface area contributed by atoms with Gasteiger partial charge in [-0.25, -0.2) is 0 Å². The van der Waals surface area contributed by atoms with Crippen molar-refractivity contribution in [2.75, 3.05) is 30.8 Å². The molecule has 2 amide bonds. The van der Waals surface area contributed by atoms with E-state index in [1.165, 1.54) is 0 Å². The van der Waals surface area contributed by atoms with Gasteiger partial charge in [0, 0.05) is 30.0 Å². The maximum Gasteiger partial charge on any atom is 0.255 e. The normalized spacial score (nSPS) is 14.5. The Hall–Kier alpha value is -3.02. The van der Waals surface area contributed by atoms with Gasteiger partial charge in [0.05, 0.1) is 7.11 Å². The van der Waals surface area contributed by atoms with E-state index in [-0.39, 0.29) is 17.9 Å². The number of carbonyl (C=O) groups is 2. The van der Waals surface area contributed by atoms with Gasteiger partial charge in [0.15, 0.2) is 0 Å². The van der Waals surface area contributed by atoms with E-state index in [2.05, 4.69) is 10.6 Å². The van der Waals surface area contributed by atoms with E-state index in [1.54, 1.807) is 43.5 Å². The maximum absolute atomic E-state index is 12.4. The van der Waals surface area contributed by atoms with Crippen LogP contribution in [0.2, 0.25) is 0 Å². The molecule has 0 radical (unpaired) electrons. The molecule has 0 aliphatic carbocycles. The smallest absolute Gasteiger partial charge is 0.255 e. The lowest BCUT2D eigenvalue weighted by atomic mass is 10.1. The molecule has 1 aliphatic heterocycles. The largest absolute Gasteiger partial charge is 0.497 e. The fraction of sp³-hybridized carbons (Fsp3) is 0.333. The lowest BCUT2D eigenvalue weighted by molar-refractivity contribution is -0.130. The molecular weight excluding hydrogens is 342 g/mol. The van der Waals surface area contributed by atoms with E-state index >= 15 is 0 Å². The molecule has 0 unspecified atom stereocenters. The number of nitrogens with zero attached hydrogens (tertiary/aromatic N) is 1. The Morgan fingerprint density at radius 2 is 1.56 bits per heavy atom. The summed E-state index contributed by atoms with van der Waals surface area (Å²) in [5.74, 6) is 0.669. The second kappa shape index (κ2) is 8.58. The molecule has 142 valence electrons. The lowest BCUT2D eigenvalue weighted by Crippen LogP contribution is -2.39. The monoisotopic (exact) mass is 367 g/mol. The van der Waals surface area contributed by atoms with E-state index in [1.807, 2.05) is 24.0 Å².